The number of nitrogens with one attached hydrogen (secondary N) is 2. The molecular weight excluding hydrogens is 164 g/mol. The number of piperidine rings is 1. The summed E-state index contributed by atoms with van der Waals surface area (Å²) in [5, 5.41) is 6.18. The van der Waals surface area contributed by atoms with Crippen LogP contribution < -0.4 is 10.6 Å². The molecule has 0 saturated carbocycles. The van der Waals surface area contributed by atoms with Crippen molar-refractivity contribution in [2.24, 2.45) is 5.92 Å². The summed E-state index contributed by atoms with van der Waals surface area (Å²) in [6.07, 6.45) is 5.01. The number of carbonyl (C=O) groups excluding carboxylic acids is 1. The molecule has 2 N–H and O–H groups in total. The maximum Gasteiger partial charge on any atom is 0.216 e. The van der Waals surface area contributed by atoms with E-state index >= 15 is 0 Å². The average Bonchev–Trinajstić information content (AvgIpc) is 2.14. The van der Waals surface area contributed by atoms with Gasteiger partial charge in [0.15, 0.2) is 0 Å². The maximum atomic E-state index is 10.6. The zero-order valence-corrected chi connectivity index (χ0v) is 8.44. The molecule has 1 fully saturated rings. The fraction of sp³-hybridized carbons (Fsp3) is 0.900. The molecule has 0 spiro atoms. The quantitative estimate of drug-likeness (QED) is 0.637. The summed E-state index contributed by atoms with van der Waals surface area (Å²) in [6, 6.07) is 0. The van der Waals surface area contributed by atoms with Gasteiger partial charge in [-0.3, -0.25) is 4.79 Å². The predicted octanol–water partition coefficient (Wildman–Crippen LogP) is 0.902. The molecule has 0 aliphatic carbocycles. The highest BCUT2D eigenvalue weighted by Gasteiger charge is 2.11. The van der Waals surface area contributed by atoms with E-state index in [4.69, 9.17) is 0 Å². The van der Waals surface area contributed by atoms with Crippen molar-refractivity contribution < 1.29 is 4.79 Å². The maximum absolute atomic E-state index is 10.6. The Morgan fingerprint density at radius 1 is 1.46 bits per heavy atom. The topological polar surface area (TPSA) is 41.1 Å². The summed E-state index contributed by atoms with van der Waals surface area (Å²) < 4.78 is 0. The number of carbonyl (C=O) groups is 1. The van der Waals surface area contributed by atoms with E-state index < -0.39 is 0 Å². The number of rotatable bonds is 4. The molecule has 0 aromatic heterocycles. The van der Waals surface area contributed by atoms with Crippen molar-refractivity contribution in [3.8, 4) is 0 Å². The lowest BCUT2D eigenvalue weighted by Gasteiger charge is -2.22. The molecule has 3 nitrogen and oxygen atoms in total. The van der Waals surface area contributed by atoms with Gasteiger partial charge < -0.3 is 10.6 Å². The van der Waals surface area contributed by atoms with E-state index in [0.717, 1.165) is 18.9 Å². The van der Waals surface area contributed by atoms with Gasteiger partial charge in [0.1, 0.15) is 0 Å². The molecule has 0 aromatic rings. The second-order valence-electron chi connectivity index (χ2n) is 3.82. The highest BCUT2D eigenvalue weighted by Crippen LogP contribution is 2.16. The average molecular weight is 184 g/mol. The molecule has 0 bridgehead atoms. The summed E-state index contributed by atoms with van der Waals surface area (Å²) >= 11 is 0. The second kappa shape index (κ2) is 5.97. The van der Waals surface area contributed by atoms with Crippen LogP contribution in [0.5, 0.6) is 0 Å². The van der Waals surface area contributed by atoms with Gasteiger partial charge in [-0.05, 0) is 44.7 Å². The van der Waals surface area contributed by atoms with E-state index in [2.05, 4.69) is 10.6 Å². The lowest BCUT2D eigenvalue weighted by Crippen LogP contribution is -2.28. The Morgan fingerprint density at radius 2 is 2.15 bits per heavy atom. The molecule has 0 atom stereocenters. The number of hydrogen-bond acceptors (Lipinski definition) is 2. The molecule has 1 rings (SSSR count). The van der Waals surface area contributed by atoms with E-state index in [1.54, 1.807) is 6.92 Å². The van der Waals surface area contributed by atoms with Crippen LogP contribution in [0.15, 0.2) is 0 Å². The molecule has 0 aromatic carbocycles. The molecule has 1 aliphatic rings. The van der Waals surface area contributed by atoms with Gasteiger partial charge in [0, 0.05) is 13.5 Å². The van der Waals surface area contributed by atoms with E-state index in [-0.39, 0.29) is 5.91 Å². The fourth-order valence-corrected chi connectivity index (χ4v) is 1.83. The Morgan fingerprint density at radius 3 is 2.77 bits per heavy atom. The van der Waals surface area contributed by atoms with Crippen molar-refractivity contribution in [3.63, 3.8) is 0 Å². The summed E-state index contributed by atoms with van der Waals surface area (Å²) in [7, 11) is 0. The van der Waals surface area contributed by atoms with Gasteiger partial charge in [-0.15, -0.1) is 0 Å². The molecule has 76 valence electrons. The first-order valence-corrected chi connectivity index (χ1v) is 5.24. The van der Waals surface area contributed by atoms with E-state index in [9.17, 15) is 4.79 Å². The molecule has 1 saturated heterocycles. The zero-order chi connectivity index (χ0) is 9.52. The summed E-state index contributed by atoms with van der Waals surface area (Å²) in [5.74, 6) is 0.973. The Bertz CT molecular complexity index is 153. The molecule has 1 aliphatic heterocycles. The highest BCUT2D eigenvalue weighted by atomic mass is 16.1. The third-order valence-corrected chi connectivity index (χ3v) is 2.62. The second-order valence-corrected chi connectivity index (χ2v) is 3.82. The van der Waals surface area contributed by atoms with Gasteiger partial charge in [-0.2, -0.15) is 0 Å². The molecular formula is C10H20N2O. The normalized spacial score (nSPS) is 18.5. The van der Waals surface area contributed by atoms with Crippen LogP contribution in [0.2, 0.25) is 0 Å². The van der Waals surface area contributed by atoms with Crippen molar-refractivity contribution in [1.82, 2.24) is 10.6 Å². The van der Waals surface area contributed by atoms with Crippen molar-refractivity contribution in [1.29, 1.82) is 0 Å². The van der Waals surface area contributed by atoms with Gasteiger partial charge in [0.25, 0.3) is 0 Å². The summed E-state index contributed by atoms with van der Waals surface area (Å²) in [6.45, 7) is 4.76. The third-order valence-electron chi connectivity index (χ3n) is 2.62. The molecule has 13 heavy (non-hydrogen) atoms. The van der Waals surface area contributed by atoms with E-state index in [1.807, 2.05) is 0 Å². The standard InChI is InChI=1S/C10H20N2O/c1-9(13)12-6-2-3-10-4-7-11-8-5-10/h10-11H,2-8H2,1H3,(H,12,13). The zero-order valence-electron chi connectivity index (χ0n) is 8.44. The highest BCUT2D eigenvalue weighted by molar-refractivity contribution is 5.72. The van der Waals surface area contributed by atoms with Crippen LogP contribution in [0.4, 0.5) is 0 Å². The lowest BCUT2D eigenvalue weighted by molar-refractivity contribution is -0.118. The van der Waals surface area contributed by atoms with Crippen molar-refractivity contribution >= 4 is 5.91 Å². The predicted molar refractivity (Wildman–Crippen MR) is 53.5 cm³/mol. The largest absolute Gasteiger partial charge is 0.356 e. The monoisotopic (exact) mass is 184 g/mol. The van der Waals surface area contributed by atoms with Crippen LogP contribution in [0.25, 0.3) is 0 Å². The van der Waals surface area contributed by atoms with Crippen LogP contribution in [0.1, 0.15) is 32.6 Å². The van der Waals surface area contributed by atoms with Crippen LogP contribution in [0, 0.1) is 5.92 Å². The third kappa shape index (κ3) is 4.88. The van der Waals surface area contributed by atoms with Crippen molar-refractivity contribution in [2.45, 2.75) is 32.6 Å². The first-order valence-electron chi connectivity index (χ1n) is 5.24. The van der Waals surface area contributed by atoms with Crippen LogP contribution in [-0.4, -0.2) is 25.5 Å². The van der Waals surface area contributed by atoms with E-state index in [1.165, 1.54) is 32.4 Å². The fourth-order valence-electron chi connectivity index (χ4n) is 1.83. The Kier molecular flexibility index (Phi) is 4.83. The van der Waals surface area contributed by atoms with E-state index in [0.29, 0.717) is 0 Å². The van der Waals surface area contributed by atoms with Gasteiger partial charge in [0.2, 0.25) is 5.91 Å². The minimum absolute atomic E-state index is 0.0883. The number of amides is 1. The Labute approximate surface area is 80.3 Å². The SMILES string of the molecule is CC(=O)NCCCC1CCNCC1. The first-order chi connectivity index (χ1) is 6.29. The smallest absolute Gasteiger partial charge is 0.216 e. The van der Waals surface area contributed by atoms with Gasteiger partial charge in [-0.1, -0.05) is 0 Å². The first kappa shape index (κ1) is 10.5. The van der Waals surface area contributed by atoms with Gasteiger partial charge in [-0.25, -0.2) is 0 Å². The molecule has 3 heteroatoms. The molecule has 1 heterocycles. The minimum Gasteiger partial charge on any atom is -0.356 e. The molecule has 1 amide bonds. The summed E-state index contributed by atoms with van der Waals surface area (Å²) in [4.78, 5) is 10.6. The Hall–Kier alpha value is -0.570. The van der Waals surface area contributed by atoms with Gasteiger partial charge >= 0.3 is 0 Å². The summed E-state index contributed by atoms with van der Waals surface area (Å²) in [5.41, 5.74) is 0. The minimum atomic E-state index is 0.0883. The number of hydrogen-bond donors (Lipinski definition) is 2. The van der Waals surface area contributed by atoms with Crippen molar-refractivity contribution in [2.75, 3.05) is 19.6 Å². The van der Waals surface area contributed by atoms with Crippen LogP contribution in [0.3, 0.4) is 0 Å². The Balaban J connectivity index is 1.95. The molecule has 0 unspecified atom stereocenters. The molecule has 0 radical (unpaired) electrons. The van der Waals surface area contributed by atoms with Gasteiger partial charge in [0.05, 0.1) is 0 Å². The van der Waals surface area contributed by atoms with Crippen molar-refractivity contribution in [3.05, 3.63) is 0 Å². The lowest BCUT2D eigenvalue weighted by atomic mass is 9.93. The van der Waals surface area contributed by atoms with Crippen LogP contribution >= 0.6 is 0 Å². The van der Waals surface area contributed by atoms with Crippen LogP contribution in [-0.2, 0) is 4.79 Å².